The van der Waals surface area contributed by atoms with Crippen LogP contribution in [0.2, 0.25) is 10.0 Å². The molecular formula is C98H136Cl2F2N12O20S4. The van der Waals surface area contributed by atoms with Crippen LogP contribution in [0.5, 0.6) is 23.0 Å². The number of hydrogen-bond donors (Lipinski definition) is 8. The van der Waals surface area contributed by atoms with Gasteiger partial charge in [-0.05, 0) is 285 Å². The lowest BCUT2D eigenvalue weighted by molar-refractivity contribution is 0.0530. The Morgan fingerprint density at radius 3 is 0.826 bits per heavy atom. The molecule has 0 amide bonds. The fourth-order valence-electron chi connectivity index (χ4n) is 17.2. The standard InChI is InChI=1S/C26H36ClN3O5S.C26H36FN3O5S.C23H32ClN3O5S.C23H32FN3O5S/c2*27-21-5-4-20-18-25(30-12-2-1-3-13-30)26(24(20)19-21)35-22-6-8-23(9-7-22)36(31,32)29-11-15-34-17-16-33-14-10-28;2*1-27(2)22-15-17-3-4-18(24)16-21(17)23(22)32-19-5-7-20(8-6-19)33(28,29)26-10-12-31-14-13-30-11-9-25/h2*4-9,19,25-26,29H,1-3,10-18,28H2;2*3-8,16,22-23,26H,9-15,25H2,1-2H3/t2*25-,26-;2*22-,23-/m0000/s1. The van der Waals surface area contributed by atoms with Crippen molar-refractivity contribution in [3.05, 3.63) is 236 Å². The van der Waals surface area contributed by atoms with Gasteiger partial charge in [0.25, 0.3) is 0 Å². The Hall–Kier alpha value is -7.60. The van der Waals surface area contributed by atoms with Crippen molar-refractivity contribution in [2.45, 2.75) is 132 Å². The van der Waals surface area contributed by atoms with Crippen LogP contribution < -0.4 is 60.8 Å². The second-order valence-corrected chi connectivity index (χ2v) is 42.2. The van der Waals surface area contributed by atoms with Crippen LogP contribution in [-0.2, 0) is 104 Å². The number of benzene rings is 8. The number of fused-ring (bicyclic) bond motifs is 4. The molecule has 0 spiro atoms. The second-order valence-electron chi connectivity index (χ2n) is 34.3. The van der Waals surface area contributed by atoms with Crippen molar-refractivity contribution < 1.29 is 99.3 Å². The van der Waals surface area contributed by atoms with Crippen LogP contribution in [0.15, 0.2) is 189 Å². The topological polar surface area (TPSA) is 412 Å². The van der Waals surface area contributed by atoms with Crippen LogP contribution in [0.25, 0.3) is 0 Å². The molecular weight excluding hydrogens is 1900 g/mol. The normalized spacial score (nSPS) is 19.2. The van der Waals surface area contributed by atoms with Gasteiger partial charge < -0.3 is 89.6 Å². The molecule has 8 atom stereocenters. The molecule has 2 fully saturated rings. The molecule has 0 unspecified atom stereocenters. The van der Waals surface area contributed by atoms with E-state index in [1.807, 2.05) is 64.6 Å². The van der Waals surface area contributed by atoms with E-state index in [1.54, 1.807) is 72.8 Å². The summed E-state index contributed by atoms with van der Waals surface area (Å²) in [6.45, 7) is 12.7. The predicted octanol–water partition coefficient (Wildman–Crippen LogP) is 9.69. The van der Waals surface area contributed by atoms with Gasteiger partial charge in [0.2, 0.25) is 40.1 Å². The van der Waals surface area contributed by atoms with Gasteiger partial charge in [-0.3, -0.25) is 9.80 Å². The number of nitrogens with zero attached hydrogens (tertiary/aromatic N) is 4. The first kappa shape index (κ1) is 111. The SMILES string of the molecule is CN(C)[C@H]1Cc2ccc(Cl)cc2[C@@H]1Oc1ccc(S(=O)(=O)NCCOCCOCCN)cc1.CN(C)[C@H]1Cc2ccc(F)cc2[C@@H]1Oc1ccc(S(=O)(=O)NCCOCCOCCN)cc1.NCCOCCOCCNS(=O)(=O)c1ccc(O[C@H]2c3cc(Cl)ccc3C[C@@H]2N2CCCCC2)cc1.NCCOCCOCCNS(=O)(=O)c1ccc(O[C@H]2c3cc(F)ccc3C[C@@H]2N2CCCCC2)cc1. The number of likely N-dealkylation sites (N-methyl/N-ethyl adjacent to an activating group) is 2. The summed E-state index contributed by atoms with van der Waals surface area (Å²) in [5.41, 5.74) is 29.8. The van der Waals surface area contributed by atoms with Gasteiger partial charge in [-0.15, -0.1) is 0 Å². The van der Waals surface area contributed by atoms with Crippen LogP contribution in [0.1, 0.15) is 107 Å². The summed E-state index contributed by atoms with van der Waals surface area (Å²) in [7, 11) is -6.68. The molecule has 12 N–H and O–H groups in total. The van der Waals surface area contributed by atoms with Crippen LogP contribution in [0, 0.1) is 11.6 Å². The van der Waals surface area contributed by atoms with E-state index in [0.717, 1.165) is 98.1 Å². The van der Waals surface area contributed by atoms with Crippen molar-refractivity contribution in [1.82, 2.24) is 38.5 Å². The number of nitrogens with one attached hydrogen (secondary N) is 4. The Labute approximate surface area is 822 Å². The first-order chi connectivity index (χ1) is 66.6. The zero-order valence-electron chi connectivity index (χ0n) is 79.1. The van der Waals surface area contributed by atoms with Crippen molar-refractivity contribution in [2.24, 2.45) is 22.9 Å². The van der Waals surface area contributed by atoms with E-state index in [9.17, 15) is 42.5 Å². The molecule has 2 heterocycles. The highest BCUT2D eigenvalue weighted by molar-refractivity contribution is 7.90. The molecule has 40 heteroatoms. The lowest BCUT2D eigenvalue weighted by Gasteiger charge is -2.35. The van der Waals surface area contributed by atoms with Crippen molar-refractivity contribution in [2.75, 3.05) is 212 Å². The number of rotatable bonds is 52. The van der Waals surface area contributed by atoms with E-state index in [2.05, 4.69) is 44.6 Å². The van der Waals surface area contributed by atoms with Gasteiger partial charge in [-0.25, -0.2) is 61.3 Å². The van der Waals surface area contributed by atoms with E-state index in [0.29, 0.717) is 139 Å². The number of likely N-dealkylation sites (tertiary alicyclic amines) is 2. The quantitative estimate of drug-likeness (QED) is 0.0164. The summed E-state index contributed by atoms with van der Waals surface area (Å²) in [6, 6.07) is 47.8. The van der Waals surface area contributed by atoms with E-state index < -0.39 is 40.1 Å². The maximum absolute atomic E-state index is 14.1. The molecule has 2 saturated heterocycles. The number of nitrogens with two attached hydrogens (primary N) is 4. The molecule has 14 rings (SSSR count). The minimum absolute atomic E-state index is 0.0487. The first-order valence-electron chi connectivity index (χ1n) is 47.0. The smallest absolute Gasteiger partial charge is 0.240 e. The van der Waals surface area contributed by atoms with Gasteiger partial charge in [-0.2, -0.15) is 0 Å². The number of halogens is 4. The van der Waals surface area contributed by atoms with E-state index in [1.165, 1.54) is 91.4 Å². The lowest BCUT2D eigenvalue weighted by atomic mass is 10.0. The average Bonchev–Trinajstić information content (AvgIpc) is 1.63. The molecule has 0 saturated carbocycles. The van der Waals surface area contributed by atoms with E-state index in [-0.39, 0.29) is 132 Å². The molecule has 0 radical (unpaired) electrons. The molecule has 0 aromatic heterocycles. The molecule has 2 aliphatic heterocycles. The highest BCUT2D eigenvalue weighted by atomic mass is 35.5. The van der Waals surface area contributed by atoms with Gasteiger partial charge >= 0.3 is 0 Å². The maximum atomic E-state index is 14.1. The van der Waals surface area contributed by atoms with Gasteiger partial charge in [0, 0.05) is 73.5 Å². The van der Waals surface area contributed by atoms with Crippen LogP contribution in [-0.4, -0.2) is 290 Å². The fraction of sp³-hybridized carbons (Fsp3) is 0.510. The zero-order valence-corrected chi connectivity index (χ0v) is 83.8. The summed E-state index contributed by atoms with van der Waals surface area (Å²) in [5.74, 6) is 1.72. The number of ether oxygens (including phenoxy) is 12. The summed E-state index contributed by atoms with van der Waals surface area (Å²) < 4.78 is 206. The van der Waals surface area contributed by atoms with Gasteiger partial charge in [-0.1, -0.05) is 60.3 Å². The maximum Gasteiger partial charge on any atom is 0.240 e. The zero-order chi connectivity index (χ0) is 98.5. The van der Waals surface area contributed by atoms with Crippen LogP contribution in [0.4, 0.5) is 8.78 Å². The molecule has 8 aromatic rings. The Kier molecular flexibility index (Phi) is 45.3. The lowest BCUT2D eigenvalue weighted by Crippen LogP contribution is -2.43. The van der Waals surface area contributed by atoms with Gasteiger partial charge in [0.1, 0.15) is 59.0 Å². The first-order valence-corrected chi connectivity index (χ1v) is 53.7. The van der Waals surface area contributed by atoms with E-state index in [4.69, 9.17) is 103 Å². The van der Waals surface area contributed by atoms with Crippen molar-refractivity contribution >= 4 is 63.3 Å². The highest BCUT2D eigenvalue weighted by Gasteiger charge is 2.42. The van der Waals surface area contributed by atoms with Crippen molar-refractivity contribution in [1.29, 1.82) is 0 Å². The van der Waals surface area contributed by atoms with Crippen molar-refractivity contribution in [3.63, 3.8) is 0 Å². The van der Waals surface area contributed by atoms with Crippen LogP contribution in [0.3, 0.4) is 0 Å². The Morgan fingerprint density at radius 1 is 0.312 bits per heavy atom. The Balaban J connectivity index is 0.000000177. The van der Waals surface area contributed by atoms with Gasteiger partial charge in [0.05, 0.1) is 149 Å². The molecule has 8 aromatic carbocycles. The summed E-state index contributed by atoms with van der Waals surface area (Å²) in [4.78, 5) is 9.78. The number of hydrogen-bond acceptors (Lipinski definition) is 28. The van der Waals surface area contributed by atoms with Gasteiger partial charge in [0.15, 0.2) is 0 Å². The molecule has 32 nitrogen and oxygen atoms in total. The molecule has 760 valence electrons. The molecule has 4 aliphatic carbocycles. The monoisotopic (exact) mass is 2040 g/mol. The summed E-state index contributed by atoms with van der Waals surface area (Å²) >= 11 is 12.5. The minimum Gasteiger partial charge on any atom is -0.484 e. The third kappa shape index (κ3) is 33.8. The minimum atomic E-state index is -3.68. The number of sulfonamides is 4. The Morgan fingerprint density at radius 2 is 0.551 bits per heavy atom. The molecule has 6 aliphatic rings. The summed E-state index contributed by atoms with van der Waals surface area (Å²) in [6.07, 6.45) is 9.57. The average molecular weight is 2040 g/mol. The third-order valence-electron chi connectivity index (χ3n) is 24.1. The molecule has 0 bridgehead atoms. The highest BCUT2D eigenvalue weighted by Crippen LogP contribution is 2.44. The second kappa shape index (κ2) is 56.5. The summed E-state index contributed by atoms with van der Waals surface area (Å²) in [5, 5.41) is 1.36. The Bertz CT molecular complexity index is 5170. The largest absolute Gasteiger partial charge is 0.484 e. The molecule has 138 heavy (non-hydrogen) atoms. The third-order valence-corrected chi connectivity index (χ3v) is 30.5. The fourth-order valence-corrected chi connectivity index (χ4v) is 21.6. The van der Waals surface area contributed by atoms with E-state index >= 15 is 0 Å². The van der Waals surface area contributed by atoms with Crippen LogP contribution >= 0.6 is 23.2 Å². The number of piperidine rings is 2. The van der Waals surface area contributed by atoms with Crippen molar-refractivity contribution in [3.8, 4) is 23.0 Å². The predicted molar refractivity (Wildman–Crippen MR) is 527 cm³/mol.